The number of fused-ring (bicyclic) bond motifs is 1. The first-order valence-corrected chi connectivity index (χ1v) is 10.1. The van der Waals surface area contributed by atoms with Crippen molar-refractivity contribution in [3.05, 3.63) is 47.9 Å². The molecule has 0 bridgehead atoms. The Labute approximate surface area is 173 Å². The highest BCUT2D eigenvalue weighted by Crippen LogP contribution is 2.28. The van der Waals surface area contributed by atoms with Crippen molar-refractivity contribution in [1.82, 2.24) is 24.6 Å². The normalized spacial score (nSPS) is 19.1. The zero-order chi connectivity index (χ0) is 20.7. The Kier molecular flexibility index (Phi) is 4.57. The van der Waals surface area contributed by atoms with Gasteiger partial charge in [0.1, 0.15) is 17.4 Å². The number of rotatable bonds is 3. The average Bonchev–Trinajstić information content (AvgIpc) is 3.41. The molecule has 1 amide bonds. The monoisotopic (exact) mass is 405 g/mol. The lowest BCUT2D eigenvalue weighted by Gasteiger charge is -2.35. The zero-order valence-corrected chi connectivity index (χ0v) is 17.0. The van der Waals surface area contributed by atoms with Crippen LogP contribution in [0.4, 0.5) is 5.82 Å². The molecule has 0 saturated carbocycles. The van der Waals surface area contributed by atoms with Gasteiger partial charge in [-0.2, -0.15) is 5.10 Å². The number of anilines is 1. The second-order valence-corrected chi connectivity index (χ2v) is 7.63. The molecule has 4 heterocycles. The fraction of sp³-hybridized carbons (Fsp3) is 0.381. The largest absolute Gasteiger partial charge is 0.387 e. The highest BCUT2D eigenvalue weighted by atomic mass is 16.6. The van der Waals surface area contributed by atoms with E-state index in [0.717, 1.165) is 22.4 Å². The first-order chi connectivity index (χ1) is 14.6. The van der Waals surface area contributed by atoms with E-state index in [1.807, 2.05) is 49.2 Å². The van der Waals surface area contributed by atoms with E-state index in [1.54, 1.807) is 10.9 Å². The molecule has 2 aliphatic rings. The number of oxime groups is 1. The molecular weight excluding hydrogens is 382 g/mol. The highest BCUT2D eigenvalue weighted by Gasteiger charge is 2.32. The minimum atomic E-state index is -0.186. The van der Waals surface area contributed by atoms with Crippen molar-refractivity contribution in [1.29, 1.82) is 0 Å². The summed E-state index contributed by atoms with van der Waals surface area (Å²) in [6, 6.07) is 9.88. The van der Waals surface area contributed by atoms with E-state index in [-0.39, 0.29) is 12.0 Å². The van der Waals surface area contributed by atoms with Gasteiger partial charge in [0.2, 0.25) is 0 Å². The summed E-state index contributed by atoms with van der Waals surface area (Å²) in [4.78, 5) is 31.6. The molecule has 9 heteroatoms. The summed E-state index contributed by atoms with van der Waals surface area (Å²) in [5.74, 6) is 1.55. The topological polar surface area (TPSA) is 88.7 Å². The van der Waals surface area contributed by atoms with Crippen LogP contribution >= 0.6 is 0 Å². The average molecular weight is 405 g/mol. The predicted octanol–water partition coefficient (Wildman–Crippen LogP) is 1.84. The number of aryl methyl sites for hydroxylation is 2. The highest BCUT2D eigenvalue weighted by molar-refractivity contribution is 6.39. The minimum absolute atomic E-state index is 0.0431. The molecule has 1 fully saturated rings. The van der Waals surface area contributed by atoms with Crippen LogP contribution in [0.25, 0.3) is 11.0 Å². The molecule has 1 saturated heterocycles. The molecule has 0 spiro atoms. The van der Waals surface area contributed by atoms with Gasteiger partial charge < -0.3 is 14.6 Å². The van der Waals surface area contributed by atoms with Crippen LogP contribution in [-0.2, 0) is 16.7 Å². The maximum atomic E-state index is 12.9. The third-order valence-corrected chi connectivity index (χ3v) is 5.64. The molecule has 1 aromatic carbocycles. The van der Waals surface area contributed by atoms with Crippen LogP contribution in [0.5, 0.6) is 0 Å². The summed E-state index contributed by atoms with van der Waals surface area (Å²) < 4.78 is 1.76. The Morgan fingerprint density at radius 1 is 1.10 bits per heavy atom. The van der Waals surface area contributed by atoms with Gasteiger partial charge in [-0.25, -0.2) is 9.97 Å². The second kappa shape index (κ2) is 7.40. The molecule has 0 aliphatic carbocycles. The number of piperazine rings is 1. The number of carbonyl (C=O) groups excluding carboxylic acids is 1. The van der Waals surface area contributed by atoms with Crippen LogP contribution in [-0.4, -0.2) is 62.4 Å². The van der Waals surface area contributed by atoms with E-state index in [4.69, 9.17) is 4.84 Å². The van der Waals surface area contributed by atoms with Gasteiger partial charge in [0.15, 0.2) is 11.8 Å². The summed E-state index contributed by atoms with van der Waals surface area (Å²) >= 11 is 0. The van der Waals surface area contributed by atoms with Gasteiger partial charge in [0, 0.05) is 39.6 Å². The van der Waals surface area contributed by atoms with Crippen molar-refractivity contribution in [2.24, 2.45) is 12.2 Å². The Morgan fingerprint density at radius 3 is 2.63 bits per heavy atom. The molecule has 1 atom stereocenters. The standard InChI is InChI=1S/C21H23N7O2/c1-14-23-19-16(13-22-26(19)2)20(24-14)27-8-10-28(11-9-27)21(29)17-12-18(30-25-17)15-6-4-3-5-7-15/h3-7,13,18H,8-12H2,1-2H3. The Bertz CT molecular complexity index is 1120. The van der Waals surface area contributed by atoms with Crippen molar-refractivity contribution < 1.29 is 9.63 Å². The van der Waals surface area contributed by atoms with Crippen molar-refractivity contribution in [3.8, 4) is 0 Å². The van der Waals surface area contributed by atoms with E-state index in [9.17, 15) is 4.79 Å². The molecule has 0 N–H and O–H groups in total. The SMILES string of the molecule is Cc1nc(N2CCN(C(=O)C3=NOC(c4ccccc4)C3)CC2)c2cnn(C)c2n1. The predicted molar refractivity (Wildman–Crippen MR) is 112 cm³/mol. The maximum absolute atomic E-state index is 12.9. The van der Waals surface area contributed by atoms with Crippen LogP contribution < -0.4 is 4.90 Å². The molecule has 154 valence electrons. The number of benzene rings is 1. The van der Waals surface area contributed by atoms with Gasteiger partial charge in [-0.15, -0.1) is 0 Å². The number of nitrogens with zero attached hydrogens (tertiary/aromatic N) is 7. The van der Waals surface area contributed by atoms with Crippen molar-refractivity contribution in [2.45, 2.75) is 19.4 Å². The number of amides is 1. The van der Waals surface area contributed by atoms with Crippen molar-refractivity contribution in [3.63, 3.8) is 0 Å². The second-order valence-electron chi connectivity index (χ2n) is 7.63. The Hall–Kier alpha value is -3.49. The molecule has 1 unspecified atom stereocenters. The summed E-state index contributed by atoms with van der Waals surface area (Å²) in [5.41, 5.74) is 2.35. The molecule has 3 aromatic rings. The summed E-state index contributed by atoms with van der Waals surface area (Å²) in [5, 5.41) is 9.33. The van der Waals surface area contributed by atoms with Gasteiger partial charge in [-0.1, -0.05) is 35.5 Å². The lowest BCUT2D eigenvalue weighted by atomic mass is 10.0. The Morgan fingerprint density at radius 2 is 1.87 bits per heavy atom. The lowest BCUT2D eigenvalue weighted by Crippen LogP contribution is -2.50. The van der Waals surface area contributed by atoms with Crippen LogP contribution in [0.2, 0.25) is 0 Å². The number of carbonyl (C=O) groups is 1. The minimum Gasteiger partial charge on any atom is -0.387 e. The van der Waals surface area contributed by atoms with E-state index < -0.39 is 0 Å². The third kappa shape index (κ3) is 3.26. The fourth-order valence-electron chi connectivity index (χ4n) is 4.01. The van der Waals surface area contributed by atoms with E-state index >= 15 is 0 Å². The summed E-state index contributed by atoms with van der Waals surface area (Å²) in [7, 11) is 1.88. The van der Waals surface area contributed by atoms with Crippen molar-refractivity contribution in [2.75, 3.05) is 31.1 Å². The quantitative estimate of drug-likeness (QED) is 0.661. The van der Waals surface area contributed by atoms with Gasteiger partial charge in [-0.05, 0) is 12.5 Å². The summed E-state index contributed by atoms with van der Waals surface area (Å²) in [6.45, 7) is 4.50. The van der Waals surface area contributed by atoms with Crippen molar-refractivity contribution >= 4 is 28.5 Å². The van der Waals surface area contributed by atoms with Gasteiger partial charge in [-0.3, -0.25) is 9.48 Å². The fourth-order valence-corrected chi connectivity index (χ4v) is 4.01. The lowest BCUT2D eigenvalue weighted by molar-refractivity contribution is -0.124. The molecule has 2 aliphatic heterocycles. The summed E-state index contributed by atoms with van der Waals surface area (Å²) in [6.07, 6.45) is 2.12. The molecule has 30 heavy (non-hydrogen) atoms. The van der Waals surface area contributed by atoms with Crippen LogP contribution in [0.3, 0.4) is 0 Å². The van der Waals surface area contributed by atoms with Crippen LogP contribution in [0.15, 0.2) is 41.7 Å². The van der Waals surface area contributed by atoms with Gasteiger partial charge in [0.05, 0.1) is 11.6 Å². The molecule has 2 aromatic heterocycles. The molecular formula is C21H23N7O2. The number of hydrogen-bond donors (Lipinski definition) is 0. The maximum Gasteiger partial charge on any atom is 0.271 e. The number of aromatic nitrogens is 4. The van der Waals surface area contributed by atoms with E-state index in [2.05, 4.69) is 25.1 Å². The van der Waals surface area contributed by atoms with Gasteiger partial charge in [0.25, 0.3) is 5.91 Å². The first kappa shape index (κ1) is 18.5. The third-order valence-electron chi connectivity index (χ3n) is 5.64. The first-order valence-electron chi connectivity index (χ1n) is 10.1. The van der Waals surface area contributed by atoms with Gasteiger partial charge >= 0.3 is 0 Å². The zero-order valence-electron chi connectivity index (χ0n) is 17.0. The van der Waals surface area contributed by atoms with Crippen LogP contribution in [0, 0.1) is 6.92 Å². The van der Waals surface area contributed by atoms with E-state index in [1.165, 1.54) is 0 Å². The van der Waals surface area contributed by atoms with Crippen LogP contribution in [0.1, 0.15) is 23.9 Å². The Balaban J connectivity index is 1.25. The number of hydrogen-bond acceptors (Lipinski definition) is 7. The molecule has 5 rings (SSSR count). The smallest absolute Gasteiger partial charge is 0.271 e. The molecule has 0 radical (unpaired) electrons. The van der Waals surface area contributed by atoms with E-state index in [0.29, 0.717) is 44.1 Å². The molecule has 9 nitrogen and oxygen atoms in total.